The summed E-state index contributed by atoms with van der Waals surface area (Å²) >= 11 is 0. The summed E-state index contributed by atoms with van der Waals surface area (Å²) in [5, 5.41) is 6.55. The van der Waals surface area contributed by atoms with E-state index in [9.17, 15) is 9.18 Å². The first-order chi connectivity index (χ1) is 12.5. The van der Waals surface area contributed by atoms with Crippen LogP contribution in [0.5, 0.6) is 0 Å². The number of guanidine groups is 1. The van der Waals surface area contributed by atoms with E-state index in [1.54, 1.807) is 37.4 Å². The lowest BCUT2D eigenvalue weighted by molar-refractivity contribution is 0.1000. The molecule has 0 unspecified atom stereocenters. The van der Waals surface area contributed by atoms with Gasteiger partial charge >= 0.3 is 0 Å². The van der Waals surface area contributed by atoms with Crippen molar-refractivity contribution in [2.45, 2.75) is 24.8 Å². The molecule has 144 valence electrons. The zero-order valence-corrected chi connectivity index (χ0v) is 17.5. The topological polar surface area (TPSA) is 79.5 Å². The molecule has 2 aromatic rings. The molecule has 0 saturated heterocycles. The molecule has 5 nitrogen and oxygen atoms in total. The Morgan fingerprint density at radius 1 is 1.19 bits per heavy atom. The van der Waals surface area contributed by atoms with Crippen LogP contribution in [-0.4, -0.2) is 25.5 Å². The summed E-state index contributed by atoms with van der Waals surface area (Å²) in [6.07, 6.45) is 2.06. The number of hydrogen-bond donors (Lipinski definition) is 3. The second kappa shape index (κ2) is 9.16. The average Bonchev–Trinajstić information content (AvgIpc) is 3.43. The van der Waals surface area contributed by atoms with Gasteiger partial charge in [-0.25, -0.2) is 4.39 Å². The van der Waals surface area contributed by atoms with Crippen LogP contribution in [0.4, 0.5) is 4.39 Å². The molecule has 1 aliphatic rings. The Bertz CT molecular complexity index is 836. The van der Waals surface area contributed by atoms with Crippen LogP contribution in [-0.2, 0) is 12.0 Å². The smallest absolute Gasteiger partial charge is 0.248 e. The van der Waals surface area contributed by atoms with Crippen molar-refractivity contribution in [2.24, 2.45) is 10.7 Å². The Balaban J connectivity index is 0.00000261. The summed E-state index contributed by atoms with van der Waals surface area (Å²) in [6, 6.07) is 14.0. The molecular formula is C20H24FIN4O. The van der Waals surface area contributed by atoms with Crippen LogP contribution in [0.3, 0.4) is 0 Å². The van der Waals surface area contributed by atoms with Crippen molar-refractivity contribution >= 4 is 35.8 Å². The van der Waals surface area contributed by atoms with Crippen LogP contribution >= 0.6 is 24.0 Å². The van der Waals surface area contributed by atoms with Gasteiger partial charge in [-0.1, -0.05) is 24.3 Å². The molecule has 0 heterocycles. The van der Waals surface area contributed by atoms with Gasteiger partial charge in [-0.15, -0.1) is 24.0 Å². The molecule has 0 atom stereocenters. The number of halogens is 2. The molecule has 1 fully saturated rings. The Morgan fingerprint density at radius 3 is 2.56 bits per heavy atom. The number of nitrogens with two attached hydrogens (primary N) is 1. The van der Waals surface area contributed by atoms with Gasteiger partial charge in [0.25, 0.3) is 0 Å². The van der Waals surface area contributed by atoms with Crippen molar-refractivity contribution in [3.8, 4) is 0 Å². The minimum atomic E-state index is -0.444. The third kappa shape index (κ3) is 5.41. The van der Waals surface area contributed by atoms with Gasteiger partial charge < -0.3 is 16.4 Å². The number of rotatable bonds is 6. The van der Waals surface area contributed by atoms with Crippen LogP contribution in [0.1, 0.15) is 34.3 Å². The summed E-state index contributed by atoms with van der Waals surface area (Å²) in [6.45, 7) is 1.21. The molecule has 4 N–H and O–H groups in total. The minimum absolute atomic E-state index is 0. The second-order valence-corrected chi connectivity index (χ2v) is 6.63. The van der Waals surface area contributed by atoms with E-state index in [-0.39, 0.29) is 35.2 Å². The highest BCUT2D eigenvalue weighted by Crippen LogP contribution is 2.47. The van der Waals surface area contributed by atoms with Gasteiger partial charge in [-0.2, -0.15) is 0 Å². The number of aliphatic imine (C=N–C) groups is 1. The van der Waals surface area contributed by atoms with Gasteiger partial charge in [0, 0.05) is 31.1 Å². The maximum absolute atomic E-state index is 13.5. The molecule has 3 rings (SSSR count). The molecule has 0 bridgehead atoms. The first-order valence-electron chi connectivity index (χ1n) is 8.62. The quantitative estimate of drug-likeness (QED) is 0.337. The lowest BCUT2D eigenvalue weighted by Gasteiger charge is -2.19. The molecular weight excluding hydrogens is 458 g/mol. The Morgan fingerprint density at radius 2 is 1.93 bits per heavy atom. The zero-order valence-electron chi connectivity index (χ0n) is 15.2. The van der Waals surface area contributed by atoms with Gasteiger partial charge in [-0.05, 0) is 48.2 Å². The second-order valence-electron chi connectivity index (χ2n) is 6.63. The van der Waals surface area contributed by atoms with Crippen LogP contribution in [0.2, 0.25) is 0 Å². The first kappa shape index (κ1) is 21.1. The summed E-state index contributed by atoms with van der Waals surface area (Å²) in [7, 11) is 1.71. The maximum Gasteiger partial charge on any atom is 0.248 e. The highest BCUT2D eigenvalue weighted by Gasteiger charge is 2.44. The van der Waals surface area contributed by atoms with Gasteiger partial charge in [-0.3, -0.25) is 9.79 Å². The molecule has 0 spiro atoms. The fourth-order valence-electron chi connectivity index (χ4n) is 3.03. The first-order valence-corrected chi connectivity index (χ1v) is 8.62. The van der Waals surface area contributed by atoms with E-state index < -0.39 is 5.91 Å². The number of benzene rings is 2. The van der Waals surface area contributed by atoms with Gasteiger partial charge in [0.1, 0.15) is 5.82 Å². The number of hydrogen-bond acceptors (Lipinski definition) is 2. The molecule has 1 saturated carbocycles. The van der Waals surface area contributed by atoms with Crippen molar-refractivity contribution in [3.63, 3.8) is 0 Å². The summed E-state index contributed by atoms with van der Waals surface area (Å²) in [5.41, 5.74) is 7.73. The van der Waals surface area contributed by atoms with Crippen LogP contribution < -0.4 is 16.4 Å². The third-order valence-corrected chi connectivity index (χ3v) is 4.78. The van der Waals surface area contributed by atoms with E-state index in [1.165, 1.54) is 6.07 Å². The van der Waals surface area contributed by atoms with E-state index in [0.29, 0.717) is 24.6 Å². The number of carbonyl (C=O) groups is 1. The lowest BCUT2D eigenvalue weighted by atomic mass is 9.96. The number of carbonyl (C=O) groups excluding carboxylic acids is 1. The average molecular weight is 482 g/mol. The standard InChI is InChI=1S/C20H23FN4O.HI/c1-23-19(24-12-14-4-2-5-15(10-14)18(22)26)25-13-20(8-9-20)16-6-3-7-17(21)11-16;/h2-7,10-11H,8-9,12-13H2,1H3,(H2,22,26)(H2,23,24,25);1H. The molecule has 27 heavy (non-hydrogen) atoms. The summed E-state index contributed by atoms with van der Waals surface area (Å²) in [4.78, 5) is 15.5. The molecule has 7 heteroatoms. The van der Waals surface area contributed by atoms with Gasteiger partial charge in [0.2, 0.25) is 5.91 Å². The number of nitrogens with one attached hydrogen (secondary N) is 2. The van der Waals surface area contributed by atoms with Crippen molar-refractivity contribution in [2.75, 3.05) is 13.6 Å². The Kier molecular flexibility index (Phi) is 7.18. The maximum atomic E-state index is 13.5. The van der Waals surface area contributed by atoms with E-state index in [1.807, 2.05) is 12.1 Å². The predicted molar refractivity (Wildman–Crippen MR) is 116 cm³/mol. The number of primary amides is 1. The molecule has 0 radical (unpaired) electrons. The van der Waals surface area contributed by atoms with E-state index in [2.05, 4.69) is 15.6 Å². The summed E-state index contributed by atoms with van der Waals surface area (Å²) < 4.78 is 13.5. The van der Waals surface area contributed by atoms with Gasteiger partial charge in [0.15, 0.2) is 5.96 Å². The van der Waals surface area contributed by atoms with Crippen LogP contribution in [0.25, 0.3) is 0 Å². The number of amides is 1. The van der Waals surface area contributed by atoms with E-state index in [4.69, 9.17) is 5.73 Å². The Labute approximate surface area is 175 Å². The predicted octanol–water partition coefficient (Wildman–Crippen LogP) is 2.94. The van der Waals surface area contributed by atoms with Crippen molar-refractivity contribution in [1.82, 2.24) is 10.6 Å². The molecule has 0 aromatic heterocycles. The summed E-state index contributed by atoms with van der Waals surface area (Å²) in [5.74, 6) is 0.0166. The minimum Gasteiger partial charge on any atom is -0.366 e. The highest BCUT2D eigenvalue weighted by atomic mass is 127. The molecule has 2 aromatic carbocycles. The fraction of sp³-hybridized carbons (Fsp3) is 0.300. The lowest BCUT2D eigenvalue weighted by Crippen LogP contribution is -2.40. The van der Waals surface area contributed by atoms with E-state index >= 15 is 0 Å². The Hall–Kier alpha value is -2.16. The van der Waals surface area contributed by atoms with E-state index in [0.717, 1.165) is 24.0 Å². The number of nitrogens with zero attached hydrogens (tertiary/aromatic N) is 1. The van der Waals surface area contributed by atoms with Crippen molar-refractivity contribution < 1.29 is 9.18 Å². The van der Waals surface area contributed by atoms with Crippen LogP contribution in [0, 0.1) is 5.82 Å². The molecule has 1 amide bonds. The fourth-order valence-corrected chi connectivity index (χ4v) is 3.03. The monoisotopic (exact) mass is 482 g/mol. The van der Waals surface area contributed by atoms with Crippen LogP contribution in [0.15, 0.2) is 53.5 Å². The molecule has 0 aliphatic heterocycles. The van der Waals surface area contributed by atoms with Crippen molar-refractivity contribution in [1.29, 1.82) is 0 Å². The van der Waals surface area contributed by atoms with Gasteiger partial charge in [0.05, 0.1) is 0 Å². The normalized spacial score (nSPS) is 14.8. The molecule has 1 aliphatic carbocycles. The zero-order chi connectivity index (χ0) is 18.6. The highest BCUT2D eigenvalue weighted by molar-refractivity contribution is 14.0. The largest absolute Gasteiger partial charge is 0.366 e. The third-order valence-electron chi connectivity index (χ3n) is 4.78. The SMILES string of the molecule is CN=C(NCc1cccc(C(N)=O)c1)NCC1(c2cccc(F)c2)CC1.I. The van der Waals surface area contributed by atoms with Crippen molar-refractivity contribution in [3.05, 3.63) is 71.0 Å².